The number of nitrogens with one attached hydrogen (secondary N) is 1. The summed E-state index contributed by atoms with van der Waals surface area (Å²) in [6.45, 7) is 4.51. The lowest BCUT2D eigenvalue weighted by atomic mass is 10.1. The number of hydrogen-bond donors (Lipinski definition) is 1. The van der Waals surface area contributed by atoms with Gasteiger partial charge in [0, 0.05) is 12.8 Å². The number of hydrogen-bond acceptors (Lipinski definition) is 8. The van der Waals surface area contributed by atoms with Crippen molar-refractivity contribution in [2.45, 2.75) is 20.5 Å². The predicted molar refractivity (Wildman–Crippen MR) is 130 cm³/mol. The van der Waals surface area contributed by atoms with Crippen LogP contribution in [0, 0.1) is 6.92 Å². The molecule has 1 amide bonds. The molecule has 0 spiro atoms. The fraction of sp³-hybridized carbons (Fsp3) is 0.280. The van der Waals surface area contributed by atoms with Gasteiger partial charge in [0.15, 0.2) is 22.8 Å². The predicted octanol–water partition coefficient (Wildman–Crippen LogP) is 3.91. The van der Waals surface area contributed by atoms with Crippen LogP contribution >= 0.6 is 0 Å². The second-order valence-corrected chi connectivity index (χ2v) is 7.61. The van der Waals surface area contributed by atoms with Crippen molar-refractivity contribution in [1.82, 2.24) is 19.8 Å². The molecule has 10 heteroatoms. The molecular formula is C25H27N5O5. The molecule has 10 nitrogen and oxygen atoms in total. The van der Waals surface area contributed by atoms with E-state index in [0.29, 0.717) is 40.8 Å². The molecule has 0 fully saturated rings. The highest BCUT2D eigenvalue weighted by atomic mass is 16.5. The molecule has 0 aliphatic rings. The molecule has 2 aromatic heterocycles. The van der Waals surface area contributed by atoms with Crippen molar-refractivity contribution in [1.29, 1.82) is 0 Å². The number of aromatic nitrogens is 4. The van der Waals surface area contributed by atoms with E-state index in [0.717, 1.165) is 16.9 Å². The molecule has 0 saturated carbocycles. The zero-order valence-electron chi connectivity index (χ0n) is 20.3. The van der Waals surface area contributed by atoms with E-state index in [-0.39, 0.29) is 12.3 Å². The summed E-state index contributed by atoms with van der Waals surface area (Å²) in [6, 6.07) is 12.7. The minimum Gasteiger partial charge on any atom is -0.494 e. The van der Waals surface area contributed by atoms with Gasteiger partial charge in [0.1, 0.15) is 5.75 Å². The molecule has 0 unspecified atom stereocenters. The minimum absolute atomic E-state index is 0.164. The summed E-state index contributed by atoms with van der Waals surface area (Å²) in [5.41, 5.74) is 4.03. The number of rotatable bonds is 9. The Balaban J connectivity index is 1.73. The third kappa shape index (κ3) is 4.73. The first-order valence-electron chi connectivity index (χ1n) is 11.0. The summed E-state index contributed by atoms with van der Waals surface area (Å²) in [6.07, 6.45) is 0. The van der Waals surface area contributed by atoms with Crippen LogP contribution in [0.3, 0.4) is 0 Å². The molecule has 1 N–H and O–H groups in total. The molecule has 0 radical (unpaired) electrons. The van der Waals surface area contributed by atoms with Crippen LogP contribution in [0.25, 0.3) is 16.8 Å². The highest BCUT2D eigenvalue weighted by molar-refractivity contribution is 6.03. The molecule has 35 heavy (non-hydrogen) atoms. The Hall–Kier alpha value is -4.18. The van der Waals surface area contributed by atoms with E-state index >= 15 is 0 Å². The standard InChI is InChI=1S/C25H27N5O5/c1-6-35-18-10-8-17(9-11-18)26-25(31)23-15(2)30-24(28-27-23)22(19(29-30)14-32-3)16-7-12-20(33-4)21(13-16)34-5/h7-13H,6,14H2,1-5H3,(H,26,31). The van der Waals surface area contributed by atoms with Gasteiger partial charge < -0.3 is 24.3 Å². The summed E-state index contributed by atoms with van der Waals surface area (Å²) in [5, 5.41) is 16.1. The molecular weight excluding hydrogens is 450 g/mol. The second-order valence-electron chi connectivity index (χ2n) is 7.61. The first-order chi connectivity index (χ1) is 17.0. The van der Waals surface area contributed by atoms with Gasteiger partial charge in [-0.3, -0.25) is 4.79 Å². The quantitative estimate of drug-likeness (QED) is 0.386. The largest absolute Gasteiger partial charge is 0.494 e. The number of carbonyl (C=O) groups is 1. The average molecular weight is 478 g/mol. The summed E-state index contributed by atoms with van der Waals surface area (Å²) in [4.78, 5) is 13.0. The van der Waals surface area contributed by atoms with Crippen LogP contribution in [-0.4, -0.2) is 53.7 Å². The highest BCUT2D eigenvalue weighted by Gasteiger charge is 2.23. The lowest BCUT2D eigenvalue weighted by Crippen LogP contribution is -2.18. The number of methoxy groups -OCH3 is 3. The van der Waals surface area contributed by atoms with Gasteiger partial charge in [-0.1, -0.05) is 6.07 Å². The Morgan fingerprint density at radius 3 is 2.40 bits per heavy atom. The first-order valence-corrected chi connectivity index (χ1v) is 11.0. The van der Waals surface area contributed by atoms with Crippen molar-refractivity contribution >= 4 is 17.2 Å². The van der Waals surface area contributed by atoms with E-state index < -0.39 is 5.91 Å². The number of ether oxygens (including phenoxy) is 4. The van der Waals surface area contributed by atoms with Crippen LogP contribution in [0.1, 0.15) is 28.8 Å². The summed E-state index contributed by atoms with van der Waals surface area (Å²) in [7, 11) is 4.75. The van der Waals surface area contributed by atoms with E-state index in [1.165, 1.54) is 0 Å². The monoisotopic (exact) mass is 477 g/mol. The molecule has 0 saturated heterocycles. The van der Waals surface area contributed by atoms with Crippen molar-refractivity contribution in [3.63, 3.8) is 0 Å². The number of benzene rings is 2. The molecule has 2 heterocycles. The Bertz CT molecular complexity index is 1350. The molecule has 2 aromatic carbocycles. The SMILES string of the molecule is CCOc1ccc(NC(=O)c2nnc3c(-c4ccc(OC)c(OC)c4)c(COC)nn3c2C)cc1. The number of amides is 1. The Labute approximate surface area is 202 Å². The number of anilines is 1. The molecule has 4 rings (SSSR count). The van der Waals surface area contributed by atoms with Crippen LogP contribution in [0.4, 0.5) is 5.69 Å². The van der Waals surface area contributed by atoms with Crippen LogP contribution < -0.4 is 19.5 Å². The molecule has 0 aliphatic heterocycles. The molecule has 0 bridgehead atoms. The normalized spacial score (nSPS) is 10.9. The van der Waals surface area contributed by atoms with Gasteiger partial charge in [-0.2, -0.15) is 5.10 Å². The maximum absolute atomic E-state index is 13.0. The van der Waals surface area contributed by atoms with Crippen molar-refractivity contribution in [2.24, 2.45) is 0 Å². The number of carbonyl (C=O) groups excluding carboxylic acids is 1. The Morgan fingerprint density at radius 2 is 1.74 bits per heavy atom. The van der Waals surface area contributed by atoms with E-state index in [4.69, 9.17) is 18.9 Å². The van der Waals surface area contributed by atoms with E-state index in [9.17, 15) is 4.79 Å². The summed E-state index contributed by atoms with van der Waals surface area (Å²) in [5.74, 6) is 1.52. The second kappa shape index (κ2) is 10.4. The van der Waals surface area contributed by atoms with Crippen molar-refractivity contribution in [3.05, 3.63) is 59.5 Å². The molecule has 0 aliphatic carbocycles. The number of fused-ring (bicyclic) bond motifs is 1. The summed E-state index contributed by atoms with van der Waals surface area (Å²) < 4.78 is 23.2. The molecule has 182 valence electrons. The van der Waals surface area contributed by atoms with Crippen LogP contribution in [0.15, 0.2) is 42.5 Å². The van der Waals surface area contributed by atoms with Gasteiger partial charge in [-0.05, 0) is 55.8 Å². The van der Waals surface area contributed by atoms with E-state index in [2.05, 4.69) is 20.6 Å². The van der Waals surface area contributed by atoms with Crippen molar-refractivity contribution < 1.29 is 23.7 Å². The first kappa shape index (κ1) is 24.0. The third-order valence-electron chi connectivity index (χ3n) is 5.43. The van der Waals surface area contributed by atoms with Gasteiger partial charge in [0.05, 0.1) is 44.4 Å². The zero-order chi connectivity index (χ0) is 24.9. The van der Waals surface area contributed by atoms with Gasteiger partial charge >= 0.3 is 0 Å². The Kier molecular flexibility index (Phi) is 7.11. The Morgan fingerprint density at radius 1 is 1.00 bits per heavy atom. The number of aryl methyl sites for hydroxylation is 1. The lowest BCUT2D eigenvalue weighted by molar-refractivity contribution is 0.102. The van der Waals surface area contributed by atoms with Gasteiger partial charge in [0.2, 0.25) is 0 Å². The highest BCUT2D eigenvalue weighted by Crippen LogP contribution is 2.35. The summed E-state index contributed by atoms with van der Waals surface area (Å²) >= 11 is 0. The number of nitrogens with zero attached hydrogens (tertiary/aromatic N) is 4. The minimum atomic E-state index is -0.391. The maximum atomic E-state index is 13.0. The topological polar surface area (TPSA) is 109 Å². The molecule has 0 atom stereocenters. The smallest absolute Gasteiger partial charge is 0.278 e. The fourth-order valence-electron chi connectivity index (χ4n) is 3.78. The average Bonchev–Trinajstić information content (AvgIpc) is 3.24. The zero-order valence-corrected chi connectivity index (χ0v) is 20.3. The van der Waals surface area contributed by atoms with Crippen LogP contribution in [0.5, 0.6) is 17.2 Å². The van der Waals surface area contributed by atoms with Gasteiger partial charge in [0.25, 0.3) is 5.91 Å². The fourth-order valence-corrected chi connectivity index (χ4v) is 3.78. The molecule has 4 aromatic rings. The van der Waals surface area contributed by atoms with Gasteiger partial charge in [-0.25, -0.2) is 4.52 Å². The van der Waals surface area contributed by atoms with E-state index in [1.807, 2.05) is 25.1 Å². The van der Waals surface area contributed by atoms with Crippen molar-refractivity contribution in [2.75, 3.05) is 33.3 Å². The van der Waals surface area contributed by atoms with E-state index in [1.54, 1.807) is 57.0 Å². The third-order valence-corrected chi connectivity index (χ3v) is 5.43. The van der Waals surface area contributed by atoms with Crippen molar-refractivity contribution in [3.8, 4) is 28.4 Å². The maximum Gasteiger partial charge on any atom is 0.278 e. The van der Waals surface area contributed by atoms with Crippen LogP contribution in [0.2, 0.25) is 0 Å². The van der Waals surface area contributed by atoms with Gasteiger partial charge in [-0.15, -0.1) is 10.2 Å². The van der Waals surface area contributed by atoms with Crippen LogP contribution in [-0.2, 0) is 11.3 Å². The lowest BCUT2D eigenvalue weighted by Gasteiger charge is -2.10.